The minimum Gasteiger partial charge on any atom is -0.410 e. The number of benzene rings is 2. The van der Waals surface area contributed by atoms with Gasteiger partial charge in [0.1, 0.15) is 4.88 Å². The van der Waals surface area contributed by atoms with Crippen molar-refractivity contribution in [2.45, 2.75) is 11.6 Å². The Morgan fingerprint density at radius 1 is 1.17 bits per heavy atom. The summed E-state index contributed by atoms with van der Waals surface area (Å²) in [6.45, 7) is 0.326. The molecule has 1 amide bonds. The molecule has 0 aliphatic heterocycles. The van der Waals surface area contributed by atoms with E-state index in [-0.39, 0.29) is 18.1 Å². The molecule has 9 heteroatoms. The number of nitrogens with zero attached hydrogens (tertiary/aromatic N) is 4. The molecule has 6 nitrogen and oxygen atoms in total. The number of anilines is 1. The lowest BCUT2D eigenvalue weighted by Crippen LogP contribution is -2.33. The summed E-state index contributed by atoms with van der Waals surface area (Å²) in [6, 6.07) is 19.2. The van der Waals surface area contributed by atoms with Gasteiger partial charge in [0.15, 0.2) is 0 Å². The van der Waals surface area contributed by atoms with E-state index in [4.69, 9.17) is 21.3 Å². The van der Waals surface area contributed by atoms with Crippen LogP contribution >= 0.6 is 34.7 Å². The number of halogens is 1. The van der Waals surface area contributed by atoms with Crippen LogP contribution in [0, 0.1) is 11.3 Å². The number of hydrogen-bond acceptors (Lipinski definition) is 7. The van der Waals surface area contributed by atoms with Gasteiger partial charge in [0.05, 0.1) is 23.3 Å². The lowest BCUT2D eigenvalue weighted by molar-refractivity contribution is -0.116. The third-order valence-corrected chi connectivity index (χ3v) is 6.74. The van der Waals surface area contributed by atoms with Crippen molar-refractivity contribution in [1.82, 2.24) is 10.2 Å². The molecule has 0 aliphatic rings. The van der Waals surface area contributed by atoms with E-state index in [1.807, 2.05) is 54.6 Å². The molecule has 150 valence electrons. The van der Waals surface area contributed by atoms with Gasteiger partial charge >= 0.3 is 0 Å². The van der Waals surface area contributed by atoms with Gasteiger partial charge in [0.2, 0.25) is 5.91 Å². The number of thioether (sulfide) groups is 1. The van der Waals surface area contributed by atoms with Crippen molar-refractivity contribution in [3.05, 3.63) is 59.6 Å². The van der Waals surface area contributed by atoms with Crippen LogP contribution in [0.5, 0.6) is 0 Å². The zero-order chi connectivity index (χ0) is 20.9. The molecule has 0 N–H and O–H groups in total. The molecule has 0 spiro atoms. The van der Waals surface area contributed by atoms with Gasteiger partial charge in [-0.2, -0.15) is 5.26 Å². The highest BCUT2D eigenvalue weighted by molar-refractivity contribution is 7.99. The molecule has 0 aliphatic carbocycles. The van der Waals surface area contributed by atoms with Crippen molar-refractivity contribution >= 4 is 56.4 Å². The first-order chi connectivity index (χ1) is 14.7. The molecule has 2 aromatic heterocycles. The minimum atomic E-state index is -0.138. The average Bonchev–Trinajstić information content (AvgIpc) is 3.38. The Hall–Kier alpha value is -2.86. The van der Waals surface area contributed by atoms with Crippen LogP contribution in [0.4, 0.5) is 5.69 Å². The molecule has 0 saturated carbocycles. The maximum atomic E-state index is 12.8. The van der Waals surface area contributed by atoms with E-state index in [2.05, 4.69) is 16.3 Å². The Balaban J connectivity index is 1.47. The number of thiophene rings is 1. The molecule has 2 heterocycles. The number of fused-ring (bicyclic) bond motifs is 1. The lowest BCUT2D eigenvalue weighted by Gasteiger charge is -2.21. The zero-order valence-electron chi connectivity index (χ0n) is 15.6. The highest BCUT2D eigenvalue weighted by Crippen LogP contribution is 2.41. The molecular weight excluding hydrogens is 440 g/mol. The van der Waals surface area contributed by atoms with Crippen molar-refractivity contribution < 1.29 is 9.21 Å². The summed E-state index contributed by atoms with van der Waals surface area (Å²) in [7, 11) is 0. The molecule has 0 fully saturated rings. The average molecular weight is 455 g/mol. The standard InChI is InChI=1S/C21H15ClN4O2S2/c22-18-15-9-4-5-10-16(15)30-19(18)20-24-25-21(28-20)29-13-17(27)26(12-6-11-23)14-7-2-1-3-8-14/h1-5,7-10H,6,12-13H2. The van der Waals surface area contributed by atoms with E-state index >= 15 is 0 Å². The molecule has 0 unspecified atom stereocenters. The summed E-state index contributed by atoms with van der Waals surface area (Å²) in [5.41, 5.74) is 0.752. The second kappa shape index (κ2) is 9.30. The fourth-order valence-corrected chi connectivity index (χ4v) is 4.95. The van der Waals surface area contributed by atoms with Gasteiger partial charge in [-0.1, -0.05) is 59.8 Å². The number of hydrogen-bond donors (Lipinski definition) is 0. The minimum absolute atomic E-state index is 0.113. The normalized spacial score (nSPS) is 10.8. The predicted octanol–water partition coefficient (Wildman–Crippen LogP) is 5.64. The van der Waals surface area contributed by atoms with E-state index in [0.717, 1.165) is 27.5 Å². The highest BCUT2D eigenvalue weighted by Gasteiger charge is 2.20. The van der Waals surface area contributed by atoms with E-state index in [0.29, 0.717) is 27.6 Å². The van der Waals surface area contributed by atoms with Crippen LogP contribution in [0.1, 0.15) is 6.42 Å². The van der Waals surface area contributed by atoms with Crippen molar-refractivity contribution in [2.75, 3.05) is 17.2 Å². The Kier molecular flexibility index (Phi) is 6.33. The molecule has 2 aromatic carbocycles. The quantitative estimate of drug-likeness (QED) is 0.336. The molecule has 0 radical (unpaired) electrons. The molecule has 0 saturated heterocycles. The highest BCUT2D eigenvalue weighted by atomic mass is 35.5. The molecule has 30 heavy (non-hydrogen) atoms. The first-order valence-electron chi connectivity index (χ1n) is 9.03. The number of para-hydroxylation sites is 1. The maximum absolute atomic E-state index is 12.8. The topological polar surface area (TPSA) is 83.0 Å². The molecular formula is C21H15ClN4O2S2. The summed E-state index contributed by atoms with van der Waals surface area (Å²) < 4.78 is 6.78. The summed E-state index contributed by atoms with van der Waals surface area (Å²) in [5, 5.41) is 18.9. The van der Waals surface area contributed by atoms with Gasteiger partial charge in [-0.05, 0) is 18.2 Å². The molecule has 0 bridgehead atoms. The predicted molar refractivity (Wildman–Crippen MR) is 120 cm³/mol. The van der Waals surface area contributed by atoms with Gasteiger partial charge < -0.3 is 9.32 Å². The van der Waals surface area contributed by atoms with Crippen LogP contribution in [0.25, 0.3) is 20.9 Å². The van der Waals surface area contributed by atoms with E-state index in [1.165, 1.54) is 11.3 Å². The van der Waals surface area contributed by atoms with Gasteiger partial charge in [0, 0.05) is 22.3 Å². The third kappa shape index (κ3) is 4.33. The summed E-state index contributed by atoms with van der Waals surface area (Å²) in [4.78, 5) is 15.1. The first kappa shape index (κ1) is 20.4. The van der Waals surface area contributed by atoms with Crippen molar-refractivity contribution in [1.29, 1.82) is 5.26 Å². The molecule has 4 aromatic rings. The summed E-state index contributed by atoms with van der Waals surface area (Å²) in [5.74, 6) is 0.309. The van der Waals surface area contributed by atoms with E-state index < -0.39 is 0 Å². The maximum Gasteiger partial charge on any atom is 0.277 e. The van der Waals surface area contributed by atoms with Crippen molar-refractivity contribution in [3.8, 4) is 16.8 Å². The van der Waals surface area contributed by atoms with Crippen LogP contribution in [-0.4, -0.2) is 28.4 Å². The molecule has 4 rings (SSSR count). The SMILES string of the molecule is N#CCCN(C(=O)CSc1nnc(-c2sc3ccccc3c2Cl)o1)c1ccccc1. The van der Waals surface area contributed by atoms with Gasteiger partial charge in [-0.15, -0.1) is 21.5 Å². The summed E-state index contributed by atoms with van der Waals surface area (Å²) >= 11 is 9.12. The number of carbonyl (C=O) groups is 1. The van der Waals surface area contributed by atoms with Crippen LogP contribution in [-0.2, 0) is 4.79 Å². The Bertz CT molecular complexity index is 1220. The Morgan fingerprint density at radius 3 is 2.70 bits per heavy atom. The Labute approximate surface area is 186 Å². The molecule has 0 atom stereocenters. The van der Waals surface area contributed by atoms with Crippen molar-refractivity contribution in [3.63, 3.8) is 0 Å². The number of aromatic nitrogens is 2. The van der Waals surface area contributed by atoms with Crippen LogP contribution in [0.15, 0.2) is 64.2 Å². The fraction of sp³-hybridized carbons (Fsp3) is 0.143. The van der Waals surface area contributed by atoms with Gasteiger partial charge in [0.25, 0.3) is 11.1 Å². The van der Waals surface area contributed by atoms with Crippen LogP contribution < -0.4 is 4.90 Å². The van der Waals surface area contributed by atoms with E-state index in [1.54, 1.807) is 4.90 Å². The lowest BCUT2D eigenvalue weighted by atomic mass is 10.2. The largest absolute Gasteiger partial charge is 0.410 e. The van der Waals surface area contributed by atoms with E-state index in [9.17, 15) is 4.79 Å². The fourth-order valence-electron chi connectivity index (χ4n) is 2.88. The van der Waals surface area contributed by atoms with Crippen LogP contribution in [0.3, 0.4) is 0 Å². The zero-order valence-corrected chi connectivity index (χ0v) is 18.0. The third-order valence-electron chi connectivity index (χ3n) is 4.27. The number of carbonyl (C=O) groups excluding carboxylic acids is 1. The number of rotatable bonds is 7. The number of amides is 1. The van der Waals surface area contributed by atoms with Crippen LogP contribution in [0.2, 0.25) is 5.02 Å². The Morgan fingerprint density at radius 2 is 1.93 bits per heavy atom. The van der Waals surface area contributed by atoms with Gasteiger partial charge in [-0.3, -0.25) is 4.79 Å². The smallest absolute Gasteiger partial charge is 0.277 e. The monoisotopic (exact) mass is 454 g/mol. The van der Waals surface area contributed by atoms with Gasteiger partial charge in [-0.25, -0.2) is 0 Å². The first-order valence-corrected chi connectivity index (χ1v) is 11.2. The van der Waals surface area contributed by atoms with Crippen molar-refractivity contribution in [2.24, 2.45) is 0 Å². The second-order valence-electron chi connectivity index (χ2n) is 6.19. The second-order valence-corrected chi connectivity index (χ2v) is 8.55. The number of nitriles is 1. The summed E-state index contributed by atoms with van der Waals surface area (Å²) in [6.07, 6.45) is 0.250.